The van der Waals surface area contributed by atoms with Crippen molar-refractivity contribution < 1.29 is 4.84 Å². The van der Waals surface area contributed by atoms with Gasteiger partial charge < -0.3 is 9.74 Å². The highest BCUT2D eigenvalue weighted by molar-refractivity contribution is 7.79. The SMILES string of the molecule is C.CN(C)CCO/N=C(/c1ccc(CS)cc1)c1cccc2ccccc12. The van der Waals surface area contributed by atoms with Gasteiger partial charge in [0.05, 0.1) is 0 Å². The van der Waals surface area contributed by atoms with E-state index in [1.807, 2.05) is 14.1 Å². The average molecular weight is 381 g/mol. The van der Waals surface area contributed by atoms with Gasteiger partial charge in [0, 0.05) is 23.4 Å². The van der Waals surface area contributed by atoms with Gasteiger partial charge >= 0.3 is 0 Å². The molecule has 0 saturated heterocycles. The van der Waals surface area contributed by atoms with E-state index >= 15 is 0 Å². The molecule has 0 N–H and O–H groups in total. The minimum Gasteiger partial charge on any atom is -0.394 e. The van der Waals surface area contributed by atoms with Crippen LogP contribution in [0.15, 0.2) is 71.9 Å². The summed E-state index contributed by atoms with van der Waals surface area (Å²) in [6.45, 7) is 1.38. The average Bonchev–Trinajstić information content (AvgIpc) is 2.68. The van der Waals surface area contributed by atoms with Gasteiger partial charge in [-0.1, -0.05) is 79.3 Å². The van der Waals surface area contributed by atoms with Crippen LogP contribution < -0.4 is 0 Å². The molecule has 0 bridgehead atoms. The molecule has 0 unspecified atom stereocenters. The van der Waals surface area contributed by atoms with Crippen LogP contribution in [0.2, 0.25) is 0 Å². The molecule has 3 nitrogen and oxygen atoms in total. The molecule has 0 aromatic heterocycles. The molecule has 0 radical (unpaired) electrons. The first-order chi connectivity index (χ1) is 12.7. The number of oxime groups is 1. The van der Waals surface area contributed by atoms with Gasteiger partial charge in [-0.05, 0) is 30.4 Å². The first-order valence-corrected chi connectivity index (χ1v) is 9.35. The summed E-state index contributed by atoms with van der Waals surface area (Å²) < 4.78 is 0. The number of hydrogen-bond acceptors (Lipinski definition) is 4. The minimum atomic E-state index is 0. The van der Waals surface area contributed by atoms with Crippen molar-refractivity contribution in [2.75, 3.05) is 27.2 Å². The highest BCUT2D eigenvalue weighted by Gasteiger charge is 2.12. The Bertz CT molecular complexity index is 883. The highest BCUT2D eigenvalue weighted by Crippen LogP contribution is 2.22. The fourth-order valence-corrected chi connectivity index (χ4v) is 3.00. The topological polar surface area (TPSA) is 24.8 Å². The Morgan fingerprint density at radius 1 is 0.963 bits per heavy atom. The molecule has 0 fully saturated rings. The molecular weight excluding hydrogens is 352 g/mol. The van der Waals surface area contributed by atoms with Crippen LogP contribution in [0.1, 0.15) is 24.1 Å². The van der Waals surface area contributed by atoms with Gasteiger partial charge in [-0.25, -0.2) is 0 Å². The Balaban J connectivity index is 0.00000261. The molecule has 0 aliphatic heterocycles. The number of likely N-dealkylation sites (N-methyl/N-ethyl adjacent to an activating group) is 1. The standard InChI is InChI=1S/C22H24N2OS.CH4/c1-24(2)14-15-25-23-22(19-12-10-17(16-26)11-13-19)21-9-5-7-18-6-3-4-8-20(18)21;/h3-13,26H,14-16H2,1-2H3;1H4/b23-22-;. The Labute approximate surface area is 168 Å². The Kier molecular flexibility index (Phi) is 7.89. The lowest BCUT2D eigenvalue weighted by Gasteiger charge is -2.12. The predicted molar refractivity (Wildman–Crippen MR) is 120 cm³/mol. The van der Waals surface area contributed by atoms with Gasteiger partial charge in [0.25, 0.3) is 0 Å². The molecule has 0 saturated carbocycles. The lowest BCUT2D eigenvalue weighted by Crippen LogP contribution is -2.17. The fourth-order valence-electron chi connectivity index (χ4n) is 2.79. The molecule has 0 aliphatic rings. The van der Waals surface area contributed by atoms with E-state index in [9.17, 15) is 0 Å². The minimum absolute atomic E-state index is 0. The third-order valence-corrected chi connectivity index (χ3v) is 4.61. The molecule has 0 amide bonds. The summed E-state index contributed by atoms with van der Waals surface area (Å²) in [5.41, 5.74) is 4.15. The number of nitrogens with zero attached hydrogens (tertiary/aromatic N) is 2. The maximum atomic E-state index is 5.65. The molecule has 4 heteroatoms. The summed E-state index contributed by atoms with van der Waals surface area (Å²) in [6.07, 6.45) is 0. The van der Waals surface area contributed by atoms with E-state index in [-0.39, 0.29) is 7.43 Å². The number of thiol groups is 1. The van der Waals surface area contributed by atoms with Crippen molar-refractivity contribution in [3.05, 3.63) is 83.4 Å². The van der Waals surface area contributed by atoms with Crippen molar-refractivity contribution in [3.8, 4) is 0 Å². The van der Waals surface area contributed by atoms with E-state index < -0.39 is 0 Å². The lowest BCUT2D eigenvalue weighted by atomic mass is 9.96. The summed E-state index contributed by atoms with van der Waals surface area (Å²) in [5, 5.41) is 6.87. The maximum Gasteiger partial charge on any atom is 0.129 e. The van der Waals surface area contributed by atoms with Crippen molar-refractivity contribution in [2.24, 2.45) is 5.16 Å². The monoisotopic (exact) mass is 380 g/mol. The van der Waals surface area contributed by atoms with Crippen LogP contribution in [0, 0.1) is 0 Å². The fraction of sp³-hybridized carbons (Fsp3) is 0.261. The molecule has 0 aliphatic carbocycles. The second-order valence-corrected chi connectivity index (χ2v) is 6.77. The second-order valence-electron chi connectivity index (χ2n) is 6.46. The highest BCUT2D eigenvalue weighted by atomic mass is 32.1. The lowest BCUT2D eigenvalue weighted by molar-refractivity contribution is 0.126. The maximum absolute atomic E-state index is 5.65. The van der Waals surface area contributed by atoms with E-state index in [1.165, 1.54) is 16.3 Å². The molecule has 3 aromatic carbocycles. The van der Waals surface area contributed by atoms with Crippen LogP contribution in [0.5, 0.6) is 0 Å². The van der Waals surface area contributed by atoms with Crippen LogP contribution in [-0.2, 0) is 10.6 Å². The number of rotatable bonds is 7. The summed E-state index contributed by atoms with van der Waals surface area (Å²) in [6, 6.07) is 23.0. The van der Waals surface area contributed by atoms with Gasteiger partial charge in [0.2, 0.25) is 0 Å². The second kappa shape index (κ2) is 10.1. The number of hydrogen-bond donors (Lipinski definition) is 1. The van der Waals surface area contributed by atoms with E-state index in [2.05, 4.69) is 89.4 Å². The van der Waals surface area contributed by atoms with Crippen molar-refractivity contribution in [1.82, 2.24) is 4.90 Å². The third-order valence-electron chi connectivity index (χ3n) is 4.24. The first kappa shape index (κ1) is 21.0. The van der Waals surface area contributed by atoms with Crippen LogP contribution in [0.3, 0.4) is 0 Å². The van der Waals surface area contributed by atoms with E-state index in [0.29, 0.717) is 6.61 Å². The van der Waals surface area contributed by atoms with Gasteiger partial charge in [-0.3, -0.25) is 0 Å². The quantitative estimate of drug-likeness (QED) is 0.262. The zero-order chi connectivity index (χ0) is 18.4. The summed E-state index contributed by atoms with van der Waals surface area (Å²) >= 11 is 4.34. The van der Waals surface area contributed by atoms with E-state index in [4.69, 9.17) is 4.84 Å². The molecule has 0 heterocycles. The summed E-state index contributed by atoms with van der Waals surface area (Å²) in [5.74, 6) is 0.723. The number of fused-ring (bicyclic) bond motifs is 1. The van der Waals surface area contributed by atoms with Crippen LogP contribution in [0.25, 0.3) is 10.8 Å². The molecule has 142 valence electrons. The Morgan fingerprint density at radius 2 is 1.67 bits per heavy atom. The first-order valence-electron chi connectivity index (χ1n) is 8.72. The summed E-state index contributed by atoms with van der Waals surface area (Å²) in [4.78, 5) is 7.73. The van der Waals surface area contributed by atoms with Gasteiger partial charge in [0.1, 0.15) is 12.3 Å². The van der Waals surface area contributed by atoms with Crippen LogP contribution >= 0.6 is 12.6 Å². The Morgan fingerprint density at radius 3 is 2.37 bits per heavy atom. The number of benzene rings is 3. The molecule has 0 spiro atoms. The van der Waals surface area contributed by atoms with Crippen molar-refractivity contribution in [3.63, 3.8) is 0 Å². The zero-order valence-corrected chi connectivity index (χ0v) is 16.1. The molecule has 3 aromatic rings. The van der Waals surface area contributed by atoms with Crippen molar-refractivity contribution in [2.45, 2.75) is 13.2 Å². The predicted octanol–water partition coefficient (Wildman–Crippen LogP) is 5.24. The van der Waals surface area contributed by atoms with Crippen LogP contribution in [0.4, 0.5) is 0 Å². The van der Waals surface area contributed by atoms with Crippen LogP contribution in [-0.4, -0.2) is 37.9 Å². The van der Waals surface area contributed by atoms with E-state index in [0.717, 1.165) is 29.1 Å². The smallest absolute Gasteiger partial charge is 0.129 e. The molecule has 3 rings (SSSR count). The third kappa shape index (κ3) is 5.34. The molecule has 0 atom stereocenters. The summed E-state index contributed by atoms with van der Waals surface area (Å²) in [7, 11) is 4.05. The van der Waals surface area contributed by atoms with Gasteiger partial charge in [0.15, 0.2) is 0 Å². The van der Waals surface area contributed by atoms with Gasteiger partial charge in [-0.2, -0.15) is 12.6 Å². The Hall–Kier alpha value is -2.30. The molecular formula is C23H28N2OS. The largest absolute Gasteiger partial charge is 0.394 e. The van der Waals surface area contributed by atoms with Crippen molar-refractivity contribution in [1.29, 1.82) is 0 Å². The van der Waals surface area contributed by atoms with E-state index in [1.54, 1.807) is 0 Å². The molecule has 27 heavy (non-hydrogen) atoms. The normalized spacial score (nSPS) is 11.5. The van der Waals surface area contributed by atoms with Gasteiger partial charge in [-0.15, -0.1) is 0 Å². The zero-order valence-electron chi connectivity index (χ0n) is 15.2. The van der Waals surface area contributed by atoms with Crippen molar-refractivity contribution >= 4 is 29.1 Å².